The Hall–Kier alpha value is -4.53. The third-order valence-corrected chi connectivity index (χ3v) is 8.72. The van der Waals surface area contributed by atoms with Gasteiger partial charge >= 0.3 is 0 Å². The molecule has 1 amide bonds. The summed E-state index contributed by atoms with van der Waals surface area (Å²) in [4.78, 5) is 23.3. The van der Waals surface area contributed by atoms with E-state index in [2.05, 4.69) is 26.6 Å². The van der Waals surface area contributed by atoms with E-state index in [0.717, 1.165) is 67.6 Å². The molecule has 3 aliphatic rings. The van der Waals surface area contributed by atoms with E-state index in [4.69, 9.17) is 24.9 Å². The Morgan fingerprint density at radius 1 is 1.19 bits per heavy atom. The lowest BCUT2D eigenvalue weighted by atomic mass is 9.88. The van der Waals surface area contributed by atoms with Crippen LogP contribution in [0.3, 0.4) is 0 Å². The number of pyridine rings is 1. The molecule has 1 unspecified atom stereocenters. The maximum atomic E-state index is 15.0. The molecule has 2 aromatic heterocycles. The van der Waals surface area contributed by atoms with Crippen molar-refractivity contribution in [3.63, 3.8) is 0 Å². The summed E-state index contributed by atoms with van der Waals surface area (Å²) >= 11 is 0. The van der Waals surface area contributed by atoms with Gasteiger partial charge in [0.25, 0.3) is 5.79 Å². The number of para-hydroxylation sites is 1. The van der Waals surface area contributed by atoms with Crippen LogP contribution in [0.5, 0.6) is 11.5 Å². The normalized spacial score (nSPS) is 21.9. The van der Waals surface area contributed by atoms with Gasteiger partial charge in [0.15, 0.2) is 17.1 Å². The second-order valence-electron chi connectivity index (χ2n) is 11.5. The van der Waals surface area contributed by atoms with Crippen molar-refractivity contribution in [2.24, 2.45) is 5.73 Å². The number of amides is 1. The summed E-state index contributed by atoms with van der Waals surface area (Å²) in [5.41, 5.74) is 8.63. The number of fused-ring (bicyclic) bond motifs is 2. The van der Waals surface area contributed by atoms with Gasteiger partial charge in [0.2, 0.25) is 5.91 Å². The second-order valence-corrected chi connectivity index (χ2v) is 11.5. The molecule has 7 rings (SSSR count). The molecule has 0 spiro atoms. The highest BCUT2D eigenvalue weighted by Gasteiger charge is 2.43. The van der Waals surface area contributed by atoms with Gasteiger partial charge in [-0.15, -0.1) is 0 Å². The quantitative estimate of drug-likeness (QED) is 0.341. The van der Waals surface area contributed by atoms with E-state index < -0.39 is 17.5 Å². The Labute approximate surface area is 247 Å². The molecule has 5 heterocycles. The van der Waals surface area contributed by atoms with Crippen molar-refractivity contribution < 1.29 is 23.4 Å². The monoisotopic (exact) mass is 582 g/mol. The number of hydrogen-bond acceptors (Lipinski definition) is 8. The Balaban J connectivity index is 1.07. The van der Waals surface area contributed by atoms with Gasteiger partial charge < -0.3 is 24.5 Å². The van der Waals surface area contributed by atoms with Crippen LogP contribution in [0.25, 0.3) is 11.2 Å². The zero-order valence-electron chi connectivity index (χ0n) is 23.8. The van der Waals surface area contributed by atoms with Crippen LogP contribution in [0.4, 0.5) is 4.39 Å². The number of carbonyl (C=O) groups excluding carboxylic acids is 1. The van der Waals surface area contributed by atoms with E-state index in [9.17, 15) is 10.1 Å². The molecule has 11 heteroatoms. The number of imidazole rings is 1. The van der Waals surface area contributed by atoms with Gasteiger partial charge in [-0.1, -0.05) is 12.1 Å². The van der Waals surface area contributed by atoms with Crippen LogP contribution >= 0.6 is 0 Å². The number of nitriles is 1. The number of aromatic nitrogens is 3. The summed E-state index contributed by atoms with van der Waals surface area (Å²) in [6.07, 6.45) is 4.57. The number of nitrogens with zero attached hydrogens (tertiary/aromatic N) is 5. The summed E-state index contributed by atoms with van der Waals surface area (Å²) < 4.78 is 35.4. The molecule has 3 aliphatic heterocycles. The molecule has 220 valence electrons. The zero-order valence-corrected chi connectivity index (χ0v) is 23.8. The first-order chi connectivity index (χ1) is 20.8. The predicted octanol–water partition coefficient (Wildman–Crippen LogP) is 4.35. The van der Waals surface area contributed by atoms with Crippen molar-refractivity contribution in [3.05, 3.63) is 82.6 Å². The summed E-state index contributed by atoms with van der Waals surface area (Å²) in [6.45, 7) is 5.53. The van der Waals surface area contributed by atoms with E-state index in [1.807, 2.05) is 12.1 Å². The zero-order chi connectivity index (χ0) is 29.7. The summed E-state index contributed by atoms with van der Waals surface area (Å²) in [5, 5.41) is 9.33. The Bertz CT molecular complexity index is 1770. The molecule has 2 fully saturated rings. The summed E-state index contributed by atoms with van der Waals surface area (Å²) in [5.74, 6) is -0.335. The van der Waals surface area contributed by atoms with Gasteiger partial charge in [-0.25, -0.2) is 14.4 Å². The van der Waals surface area contributed by atoms with Crippen LogP contribution in [0, 0.1) is 17.1 Å². The number of halogens is 1. The number of primary amides is 1. The first-order valence-corrected chi connectivity index (χ1v) is 14.5. The third kappa shape index (κ3) is 4.96. The van der Waals surface area contributed by atoms with Gasteiger partial charge in [-0.2, -0.15) is 5.26 Å². The standard InChI is InChI=1S/C32H31FN6O4/c1-32(24-6-5-21(30(35)40)14-25(24)33)42-27-4-2-3-23(29(27)43-32)20-7-10-38(11-8-20)18-28-37-26-13-19(15-34)16-36-31(26)39(28)17-22-9-12-41-22/h2-6,13-14,16,20,22H,7-12,17-18H2,1H3,(H2,35,40)/t22-,32?/m0/s1. The van der Waals surface area contributed by atoms with Crippen molar-refractivity contribution in [2.75, 3.05) is 19.7 Å². The number of likely N-dealkylation sites (tertiary alicyclic amines) is 1. The van der Waals surface area contributed by atoms with Crippen LogP contribution in [0.15, 0.2) is 48.7 Å². The van der Waals surface area contributed by atoms with Crippen LogP contribution in [0.1, 0.15) is 65.0 Å². The molecule has 2 saturated heterocycles. The van der Waals surface area contributed by atoms with Crippen LogP contribution in [-0.4, -0.2) is 51.1 Å². The highest BCUT2D eigenvalue weighted by Crippen LogP contribution is 2.49. The Morgan fingerprint density at radius 3 is 2.70 bits per heavy atom. The minimum atomic E-state index is -1.37. The number of piperidine rings is 1. The maximum absolute atomic E-state index is 15.0. The molecule has 0 saturated carbocycles. The van der Waals surface area contributed by atoms with Crippen LogP contribution in [-0.2, 0) is 23.6 Å². The van der Waals surface area contributed by atoms with Crippen molar-refractivity contribution in [3.8, 4) is 17.6 Å². The van der Waals surface area contributed by atoms with E-state index in [-0.39, 0.29) is 23.1 Å². The second kappa shape index (κ2) is 10.6. The molecule has 2 aromatic carbocycles. The molecule has 4 aromatic rings. The van der Waals surface area contributed by atoms with Crippen molar-refractivity contribution >= 4 is 17.1 Å². The fraction of sp³-hybridized carbons (Fsp3) is 0.375. The molecule has 0 radical (unpaired) electrons. The third-order valence-electron chi connectivity index (χ3n) is 8.72. The first kappa shape index (κ1) is 27.3. The summed E-state index contributed by atoms with van der Waals surface area (Å²) in [7, 11) is 0. The SMILES string of the molecule is CC1(c2ccc(C(N)=O)cc2F)Oc2cccc(C3CCN(Cc4nc5cc(C#N)cnc5n4C[C@@H]4CCO4)CC3)c2O1. The van der Waals surface area contributed by atoms with E-state index in [0.29, 0.717) is 30.2 Å². The van der Waals surface area contributed by atoms with Crippen molar-refractivity contribution in [2.45, 2.75) is 57.1 Å². The molecule has 0 bridgehead atoms. The number of ether oxygens (including phenoxy) is 3. The molecule has 0 aliphatic carbocycles. The molecule has 10 nitrogen and oxygen atoms in total. The van der Waals surface area contributed by atoms with E-state index >= 15 is 4.39 Å². The number of hydrogen-bond donors (Lipinski definition) is 1. The molecule has 43 heavy (non-hydrogen) atoms. The Morgan fingerprint density at radius 2 is 2.00 bits per heavy atom. The van der Waals surface area contributed by atoms with Crippen LogP contribution < -0.4 is 15.2 Å². The number of carbonyl (C=O) groups is 1. The van der Waals surface area contributed by atoms with Crippen molar-refractivity contribution in [1.82, 2.24) is 19.4 Å². The van der Waals surface area contributed by atoms with Gasteiger partial charge in [0, 0.05) is 30.9 Å². The highest BCUT2D eigenvalue weighted by molar-refractivity contribution is 5.92. The number of benzene rings is 2. The smallest absolute Gasteiger partial charge is 0.278 e. The molecule has 2 atom stereocenters. The molecular weight excluding hydrogens is 551 g/mol. The average molecular weight is 583 g/mol. The number of nitrogens with two attached hydrogens (primary N) is 1. The fourth-order valence-corrected chi connectivity index (χ4v) is 6.28. The van der Waals surface area contributed by atoms with Gasteiger partial charge in [-0.3, -0.25) is 9.69 Å². The lowest BCUT2D eigenvalue weighted by Gasteiger charge is -2.33. The molecular formula is C32H31FN6O4. The van der Waals surface area contributed by atoms with Gasteiger partial charge in [-0.05, 0) is 68.6 Å². The minimum absolute atomic E-state index is 0.0860. The summed E-state index contributed by atoms with van der Waals surface area (Å²) in [6, 6.07) is 13.8. The van der Waals surface area contributed by atoms with Crippen LogP contribution in [0.2, 0.25) is 0 Å². The first-order valence-electron chi connectivity index (χ1n) is 14.5. The molecule has 2 N–H and O–H groups in total. The van der Waals surface area contributed by atoms with Crippen molar-refractivity contribution in [1.29, 1.82) is 5.26 Å². The number of rotatable bonds is 7. The maximum Gasteiger partial charge on any atom is 0.278 e. The fourth-order valence-electron chi connectivity index (χ4n) is 6.28. The highest BCUT2D eigenvalue weighted by atomic mass is 19.1. The van der Waals surface area contributed by atoms with Gasteiger partial charge in [0.05, 0.1) is 30.3 Å². The lowest BCUT2D eigenvalue weighted by molar-refractivity contribution is -0.0712. The Kier molecular flexibility index (Phi) is 6.75. The minimum Gasteiger partial charge on any atom is -0.444 e. The van der Waals surface area contributed by atoms with Gasteiger partial charge in [0.1, 0.15) is 23.2 Å². The topological polar surface area (TPSA) is 129 Å². The average Bonchev–Trinajstić information content (AvgIpc) is 3.51. The van der Waals surface area contributed by atoms with E-state index in [1.54, 1.807) is 19.2 Å². The largest absolute Gasteiger partial charge is 0.444 e. The predicted molar refractivity (Wildman–Crippen MR) is 154 cm³/mol. The van der Waals surface area contributed by atoms with E-state index in [1.165, 1.54) is 12.1 Å². The lowest BCUT2D eigenvalue weighted by Crippen LogP contribution is -2.35.